The van der Waals surface area contributed by atoms with E-state index in [1.807, 2.05) is 13.8 Å². The first kappa shape index (κ1) is 13.4. The molecule has 0 spiro atoms. The van der Waals surface area contributed by atoms with E-state index < -0.39 is 0 Å². The van der Waals surface area contributed by atoms with E-state index in [-0.39, 0.29) is 12.1 Å². The summed E-state index contributed by atoms with van der Waals surface area (Å²) in [6.45, 7) is 5.85. The van der Waals surface area contributed by atoms with E-state index >= 15 is 0 Å². The van der Waals surface area contributed by atoms with Crippen molar-refractivity contribution in [3.8, 4) is 6.07 Å². The fourth-order valence-corrected chi connectivity index (χ4v) is 0.992. The van der Waals surface area contributed by atoms with Gasteiger partial charge in [0, 0.05) is 13.2 Å². The number of nitrogens with zero attached hydrogens (tertiary/aromatic N) is 1. The minimum atomic E-state index is -0.116. The van der Waals surface area contributed by atoms with Gasteiger partial charge in [-0.2, -0.15) is 5.26 Å². The van der Waals surface area contributed by atoms with E-state index in [9.17, 15) is 0 Å². The van der Waals surface area contributed by atoms with Crippen LogP contribution in [0.5, 0.6) is 0 Å². The Morgan fingerprint density at radius 2 is 2.21 bits per heavy atom. The van der Waals surface area contributed by atoms with Crippen molar-refractivity contribution in [1.29, 1.82) is 5.26 Å². The molecule has 0 amide bonds. The minimum absolute atomic E-state index is 0.103. The summed E-state index contributed by atoms with van der Waals surface area (Å²) >= 11 is 0. The van der Waals surface area contributed by atoms with Crippen molar-refractivity contribution < 1.29 is 9.47 Å². The molecule has 0 saturated carbocycles. The first-order valence-corrected chi connectivity index (χ1v) is 5.00. The highest BCUT2D eigenvalue weighted by molar-refractivity contribution is 4.88. The number of hydrogen-bond acceptors (Lipinski definition) is 4. The fourth-order valence-electron chi connectivity index (χ4n) is 0.992. The molecule has 14 heavy (non-hydrogen) atoms. The lowest BCUT2D eigenvalue weighted by Crippen LogP contribution is -2.26. The molecule has 82 valence electrons. The van der Waals surface area contributed by atoms with Gasteiger partial charge >= 0.3 is 0 Å². The number of hydrogen-bond donors (Lipinski definition) is 1. The molecule has 4 heteroatoms. The Bertz CT molecular complexity index is 168. The van der Waals surface area contributed by atoms with Crippen molar-refractivity contribution in [3.05, 3.63) is 0 Å². The summed E-state index contributed by atoms with van der Waals surface area (Å²) < 4.78 is 10.7. The summed E-state index contributed by atoms with van der Waals surface area (Å²) in [5, 5.41) is 11.5. The van der Waals surface area contributed by atoms with Crippen molar-refractivity contribution in [3.63, 3.8) is 0 Å². The maximum atomic E-state index is 8.64. The van der Waals surface area contributed by atoms with Gasteiger partial charge in [-0.15, -0.1) is 0 Å². The fraction of sp³-hybridized carbons (Fsp3) is 0.900. The Hall–Kier alpha value is -0.630. The third-order valence-corrected chi connectivity index (χ3v) is 1.87. The number of ether oxygens (including phenoxy) is 2. The van der Waals surface area contributed by atoms with Gasteiger partial charge in [0.1, 0.15) is 0 Å². The Labute approximate surface area is 86.2 Å². The van der Waals surface area contributed by atoms with Crippen molar-refractivity contribution in [2.24, 2.45) is 0 Å². The lowest BCUT2D eigenvalue weighted by Gasteiger charge is -2.14. The highest BCUT2D eigenvalue weighted by atomic mass is 16.5. The average Bonchev–Trinajstić information content (AvgIpc) is 2.21. The largest absolute Gasteiger partial charge is 0.379 e. The lowest BCUT2D eigenvalue weighted by molar-refractivity contribution is -0.00502. The molecule has 0 aromatic rings. The second-order valence-electron chi connectivity index (χ2n) is 3.10. The van der Waals surface area contributed by atoms with Gasteiger partial charge in [-0.25, -0.2) is 0 Å². The molecular weight excluding hydrogens is 180 g/mol. The monoisotopic (exact) mass is 200 g/mol. The van der Waals surface area contributed by atoms with Gasteiger partial charge in [0.25, 0.3) is 0 Å². The molecule has 0 aliphatic heterocycles. The van der Waals surface area contributed by atoms with E-state index in [4.69, 9.17) is 14.7 Å². The smallest absolute Gasteiger partial charge is 0.0972 e. The summed E-state index contributed by atoms with van der Waals surface area (Å²) in [5.41, 5.74) is 0. The second-order valence-corrected chi connectivity index (χ2v) is 3.10. The van der Waals surface area contributed by atoms with Gasteiger partial charge in [0.15, 0.2) is 0 Å². The molecule has 0 fully saturated rings. The molecule has 0 aromatic heterocycles. The van der Waals surface area contributed by atoms with E-state index in [1.54, 1.807) is 7.05 Å². The molecule has 2 unspecified atom stereocenters. The third-order valence-electron chi connectivity index (χ3n) is 1.87. The number of rotatable bonds is 8. The molecular formula is C10H20N2O2. The van der Waals surface area contributed by atoms with Gasteiger partial charge in [-0.05, 0) is 27.3 Å². The SMILES string of the molecule is CCOCC(C)OCCC(C#N)NC. The topological polar surface area (TPSA) is 54.3 Å². The van der Waals surface area contributed by atoms with E-state index in [1.165, 1.54) is 0 Å². The molecule has 0 aliphatic carbocycles. The summed E-state index contributed by atoms with van der Waals surface area (Å²) in [6, 6.07) is 2.03. The Balaban J connectivity index is 3.39. The molecule has 0 aromatic carbocycles. The summed E-state index contributed by atoms with van der Waals surface area (Å²) in [4.78, 5) is 0. The van der Waals surface area contributed by atoms with Crippen LogP contribution in [0.3, 0.4) is 0 Å². The summed E-state index contributed by atoms with van der Waals surface area (Å²) in [6.07, 6.45) is 0.815. The third kappa shape index (κ3) is 6.84. The Kier molecular flexibility index (Phi) is 8.54. The molecule has 0 bridgehead atoms. The predicted molar refractivity (Wildman–Crippen MR) is 55.0 cm³/mol. The van der Waals surface area contributed by atoms with Crippen LogP contribution in [-0.2, 0) is 9.47 Å². The van der Waals surface area contributed by atoms with Gasteiger partial charge < -0.3 is 14.8 Å². The van der Waals surface area contributed by atoms with Crippen LogP contribution >= 0.6 is 0 Å². The van der Waals surface area contributed by atoms with Crippen LogP contribution in [0.2, 0.25) is 0 Å². The first-order chi connectivity index (χ1) is 6.74. The van der Waals surface area contributed by atoms with E-state index in [2.05, 4.69) is 11.4 Å². The van der Waals surface area contributed by atoms with Crippen molar-refractivity contribution in [1.82, 2.24) is 5.32 Å². The zero-order valence-corrected chi connectivity index (χ0v) is 9.25. The average molecular weight is 200 g/mol. The van der Waals surface area contributed by atoms with Crippen LogP contribution in [0.15, 0.2) is 0 Å². The van der Waals surface area contributed by atoms with Crippen LogP contribution in [0.4, 0.5) is 0 Å². The Morgan fingerprint density at radius 1 is 1.50 bits per heavy atom. The molecule has 0 aliphatic rings. The normalized spacial score (nSPS) is 14.7. The second kappa shape index (κ2) is 8.95. The summed E-state index contributed by atoms with van der Waals surface area (Å²) in [7, 11) is 1.78. The highest BCUT2D eigenvalue weighted by Crippen LogP contribution is 1.96. The maximum Gasteiger partial charge on any atom is 0.0972 e. The summed E-state index contributed by atoms with van der Waals surface area (Å²) in [5.74, 6) is 0. The minimum Gasteiger partial charge on any atom is -0.379 e. The van der Waals surface area contributed by atoms with Crippen LogP contribution < -0.4 is 5.32 Å². The van der Waals surface area contributed by atoms with Gasteiger partial charge in [-0.3, -0.25) is 0 Å². The zero-order valence-electron chi connectivity index (χ0n) is 9.25. The van der Waals surface area contributed by atoms with E-state index in [0.717, 1.165) is 0 Å². The standard InChI is InChI=1S/C10H20N2O2/c1-4-13-8-9(2)14-6-5-10(7-11)12-3/h9-10,12H,4-6,8H2,1-3H3. The van der Waals surface area contributed by atoms with Crippen molar-refractivity contribution in [2.45, 2.75) is 32.4 Å². The quantitative estimate of drug-likeness (QED) is 0.633. The molecule has 0 heterocycles. The van der Waals surface area contributed by atoms with Crippen molar-refractivity contribution in [2.75, 3.05) is 26.9 Å². The van der Waals surface area contributed by atoms with Crippen LogP contribution in [-0.4, -0.2) is 39.0 Å². The lowest BCUT2D eigenvalue weighted by atomic mass is 10.2. The molecule has 1 N–H and O–H groups in total. The number of nitriles is 1. The molecule has 4 nitrogen and oxygen atoms in total. The highest BCUT2D eigenvalue weighted by Gasteiger charge is 2.06. The van der Waals surface area contributed by atoms with Gasteiger partial charge in [-0.1, -0.05) is 0 Å². The number of nitrogens with one attached hydrogen (secondary N) is 1. The Morgan fingerprint density at radius 3 is 2.71 bits per heavy atom. The van der Waals surface area contributed by atoms with Crippen molar-refractivity contribution >= 4 is 0 Å². The maximum absolute atomic E-state index is 8.64. The van der Waals surface area contributed by atoms with E-state index in [0.29, 0.717) is 26.2 Å². The van der Waals surface area contributed by atoms with Crippen LogP contribution in [0.25, 0.3) is 0 Å². The zero-order chi connectivity index (χ0) is 10.8. The van der Waals surface area contributed by atoms with Gasteiger partial charge in [0.05, 0.1) is 24.8 Å². The van der Waals surface area contributed by atoms with Crippen LogP contribution in [0, 0.1) is 11.3 Å². The van der Waals surface area contributed by atoms with Gasteiger partial charge in [0.2, 0.25) is 0 Å². The predicted octanol–water partition coefficient (Wildman–Crippen LogP) is 0.930. The molecule has 0 saturated heterocycles. The van der Waals surface area contributed by atoms with Crippen LogP contribution in [0.1, 0.15) is 20.3 Å². The molecule has 0 rings (SSSR count). The molecule has 2 atom stereocenters. The molecule has 0 radical (unpaired) electrons. The first-order valence-electron chi connectivity index (χ1n) is 5.00.